The fourth-order valence-electron chi connectivity index (χ4n) is 6.68. The van der Waals surface area contributed by atoms with Crippen LogP contribution in [-0.2, 0) is 15.0 Å². The molecule has 1 fully saturated rings. The van der Waals surface area contributed by atoms with E-state index >= 15 is 0 Å². The highest BCUT2D eigenvalue weighted by Crippen LogP contribution is 2.58. The van der Waals surface area contributed by atoms with Gasteiger partial charge in [0.15, 0.2) is 23.1 Å². The molecule has 4 unspecified atom stereocenters. The quantitative estimate of drug-likeness (QED) is 0.550. The molecule has 1 spiro atoms. The van der Waals surface area contributed by atoms with Crippen molar-refractivity contribution in [1.29, 1.82) is 0 Å². The lowest BCUT2D eigenvalue weighted by molar-refractivity contribution is -0.122. The van der Waals surface area contributed by atoms with Crippen LogP contribution in [-0.4, -0.2) is 36.4 Å². The molecule has 1 N–H and O–H groups in total. The molecule has 0 radical (unpaired) electrons. The first-order valence-electron chi connectivity index (χ1n) is 12.3. The summed E-state index contributed by atoms with van der Waals surface area (Å²) in [5.41, 5.74) is 3.38. The summed E-state index contributed by atoms with van der Waals surface area (Å²) in [6.45, 7) is 3.61. The van der Waals surface area contributed by atoms with Crippen molar-refractivity contribution >= 4 is 34.9 Å². The number of benzene rings is 3. The number of ether oxygens (including phenoxy) is 2. The molecule has 4 aliphatic rings. The monoisotopic (exact) mass is 492 g/mol. The molecule has 7 heteroatoms. The van der Waals surface area contributed by atoms with E-state index in [4.69, 9.17) is 9.47 Å². The molecule has 7 rings (SSSR count). The number of hydrogen-bond acceptors (Lipinski definition) is 6. The maximum Gasteiger partial charge on any atom is 0.238 e. The van der Waals surface area contributed by atoms with Gasteiger partial charge < -0.3 is 19.7 Å². The van der Waals surface area contributed by atoms with Crippen LogP contribution in [0.2, 0.25) is 0 Å². The molecule has 3 aromatic rings. The van der Waals surface area contributed by atoms with E-state index in [1.807, 2.05) is 60.4 Å². The number of aryl methyl sites for hydroxylation is 1. The largest absolute Gasteiger partial charge is 0.454 e. The highest BCUT2D eigenvalue weighted by Gasteiger charge is 2.69. The fourth-order valence-corrected chi connectivity index (χ4v) is 6.68. The Morgan fingerprint density at radius 1 is 1.03 bits per heavy atom. The van der Waals surface area contributed by atoms with Crippen LogP contribution in [0.4, 0.5) is 11.4 Å². The Labute approximate surface area is 213 Å². The zero-order valence-corrected chi connectivity index (χ0v) is 20.4. The van der Waals surface area contributed by atoms with Crippen LogP contribution in [0.15, 0.2) is 66.7 Å². The normalized spacial score (nSPS) is 26.1. The van der Waals surface area contributed by atoms with E-state index in [-0.39, 0.29) is 24.3 Å². The summed E-state index contributed by atoms with van der Waals surface area (Å²) in [4.78, 5) is 44.1. The zero-order chi connectivity index (χ0) is 25.5. The predicted molar refractivity (Wildman–Crippen MR) is 138 cm³/mol. The number of para-hydroxylation sites is 1. The van der Waals surface area contributed by atoms with Gasteiger partial charge in [-0.1, -0.05) is 42.0 Å². The first-order chi connectivity index (χ1) is 17.9. The third-order valence-electron chi connectivity index (χ3n) is 8.14. The summed E-state index contributed by atoms with van der Waals surface area (Å²) >= 11 is 0. The molecule has 4 heterocycles. The molecule has 3 aromatic carbocycles. The van der Waals surface area contributed by atoms with E-state index in [1.165, 1.54) is 6.92 Å². The molecule has 4 aliphatic heterocycles. The van der Waals surface area contributed by atoms with E-state index in [0.29, 0.717) is 22.7 Å². The van der Waals surface area contributed by atoms with Crippen LogP contribution < -0.4 is 19.7 Å². The van der Waals surface area contributed by atoms with Crippen LogP contribution in [0.5, 0.6) is 11.5 Å². The average Bonchev–Trinajstić information content (AvgIpc) is 3.56. The minimum absolute atomic E-state index is 0.0864. The molecule has 0 saturated carbocycles. The van der Waals surface area contributed by atoms with Crippen LogP contribution in [0, 0.1) is 12.8 Å². The second kappa shape index (κ2) is 7.56. The van der Waals surface area contributed by atoms with Crippen LogP contribution in [0.25, 0.3) is 6.08 Å². The molecule has 1 amide bonds. The van der Waals surface area contributed by atoms with Gasteiger partial charge in [-0.05, 0) is 61.4 Å². The number of Topliss-reactive ketones (excluding diaryl/α,β-unsaturated/α-hetero) is 2. The van der Waals surface area contributed by atoms with Gasteiger partial charge in [-0.3, -0.25) is 14.4 Å². The third kappa shape index (κ3) is 2.79. The number of carbonyl (C=O) groups excluding carboxylic acids is 3. The van der Waals surface area contributed by atoms with Gasteiger partial charge in [0.1, 0.15) is 5.41 Å². The van der Waals surface area contributed by atoms with Crippen LogP contribution in [0.1, 0.15) is 34.0 Å². The maximum atomic E-state index is 14.5. The number of nitrogens with zero attached hydrogens (tertiary/aromatic N) is 1. The number of anilines is 2. The first kappa shape index (κ1) is 21.9. The number of rotatable bonds is 3. The highest BCUT2D eigenvalue weighted by molar-refractivity contribution is 6.16. The Hall–Kier alpha value is -4.39. The Balaban J connectivity index is 1.50. The van der Waals surface area contributed by atoms with Gasteiger partial charge in [0.2, 0.25) is 12.7 Å². The summed E-state index contributed by atoms with van der Waals surface area (Å²) in [7, 11) is 0. The van der Waals surface area contributed by atoms with Crippen LogP contribution in [0.3, 0.4) is 0 Å². The van der Waals surface area contributed by atoms with E-state index in [1.54, 1.807) is 18.2 Å². The molecular weight excluding hydrogens is 468 g/mol. The predicted octanol–water partition coefficient (Wildman–Crippen LogP) is 4.29. The van der Waals surface area contributed by atoms with E-state index in [0.717, 1.165) is 22.4 Å². The van der Waals surface area contributed by atoms with E-state index in [9.17, 15) is 14.4 Å². The summed E-state index contributed by atoms with van der Waals surface area (Å²) in [5, 5.41) is 3.03. The zero-order valence-electron chi connectivity index (χ0n) is 20.4. The number of amides is 1. The molecule has 4 atom stereocenters. The van der Waals surface area contributed by atoms with Gasteiger partial charge in [-0.2, -0.15) is 0 Å². The lowest BCUT2D eigenvalue weighted by atomic mass is 9.64. The number of ketones is 2. The Morgan fingerprint density at radius 3 is 2.68 bits per heavy atom. The molecule has 0 aliphatic carbocycles. The van der Waals surface area contributed by atoms with Crippen LogP contribution >= 0.6 is 0 Å². The lowest BCUT2D eigenvalue weighted by Crippen LogP contribution is -2.51. The molecule has 7 nitrogen and oxygen atoms in total. The van der Waals surface area contributed by atoms with Crippen molar-refractivity contribution in [3.8, 4) is 11.5 Å². The van der Waals surface area contributed by atoms with Crippen molar-refractivity contribution < 1.29 is 23.9 Å². The highest BCUT2D eigenvalue weighted by atomic mass is 16.7. The average molecular weight is 493 g/mol. The number of nitrogens with one attached hydrogen (secondary N) is 1. The second-order valence-corrected chi connectivity index (χ2v) is 10.1. The summed E-state index contributed by atoms with van der Waals surface area (Å²) in [6.07, 6.45) is 3.98. The number of carbonyl (C=O) groups is 3. The van der Waals surface area contributed by atoms with Crippen molar-refractivity contribution in [3.05, 3.63) is 89.0 Å². The Kier molecular flexibility index (Phi) is 4.46. The van der Waals surface area contributed by atoms with Crippen molar-refractivity contribution in [2.45, 2.75) is 31.3 Å². The SMILES string of the molecule is CC(=O)C1C(C(=O)c2ccc3c(c2)OCO3)C2(C(=O)Nc3ccccc32)C2C=Cc3cc(C)ccc3N12. The third-order valence-corrected chi connectivity index (χ3v) is 8.14. The molecule has 0 bridgehead atoms. The first-order valence-corrected chi connectivity index (χ1v) is 12.3. The number of fused-ring (bicyclic) bond motifs is 7. The smallest absolute Gasteiger partial charge is 0.238 e. The van der Waals surface area contributed by atoms with Gasteiger partial charge in [-0.25, -0.2) is 0 Å². The summed E-state index contributed by atoms with van der Waals surface area (Å²) < 4.78 is 11.0. The van der Waals surface area contributed by atoms with Crippen molar-refractivity contribution in [3.63, 3.8) is 0 Å². The minimum Gasteiger partial charge on any atom is -0.454 e. The molecular formula is C30H24N2O5. The van der Waals surface area contributed by atoms with Gasteiger partial charge >= 0.3 is 0 Å². The van der Waals surface area contributed by atoms with E-state index in [2.05, 4.69) is 11.4 Å². The Bertz CT molecular complexity index is 1560. The fraction of sp³-hybridized carbons (Fsp3) is 0.233. The standard InChI is InChI=1S/C30H24N2O5/c1-16-7-10-22-18(13-16)9-12-25-30(20-5-3-4-6-21(20)31-29(30)35)26(27(17(2)33)32(22)25)28(34)19-8-11-23-24(14-19)37-15-36-23/h3-14,25-27H,15H2,1-2H3,(H,31,35). The van der Waals surface area contributed by atoms with Gasteiger partial charge in [0, 0.05) is 16.9 Å². The Morgan fingerprint density at radius 2 is 1.84 bits per heavy atom. The van der Waals surface area contributed by atoms with Crippen molar-refractivity contribution in [1.82, 2.24) is 0 Å². The molecule has 37 heavy (non-hydrogen) atoms. The number of hydrogen-bond donors (Lipinski definition) is 1. The maximum absolute atomic E-state index is 14.5. The molecule has 184 valence electrons. The van der Waals surface area contributed by atoms with Gasteiger partial charge in [0.05, 0.1) is 18.0 Å². The molecule has 0 aromatic heterocycles. The summed E-state index contributed by atoms with van der Waals surface area (Å²) in [5.74, 6) is -0.633. The van der Waals surface area contributed by atoms with Gasteiger partial charge in [-0.15, -0.1) is 0 Å². The van der Waals surface area contributed by atoms with Gasteiger partial charge in [0.25, 0.3) is 0 Å². The lowest BCUT2D eigenvalue weighted by Gasteiger charge is -2.37. The second-order valence-electron chi connectivity index (χ2n) is 10.1. The van der Waals surface area contributed by atoms with E-state index < -0.39 is 23.4 Å². The molecule has 1 saturated heterocycles. The van der Waals surface area contributed by atoms with Crippen molar-refractivity contribution in [2.75, 3.05) is 17.0 Å². The summed E-state index contributed by atoms with van der Waals surface area (Å²) in [6, 6.07) is 17.2. The van der Waals surface area contributed by atoms with Crippen molar-refractivity contribution in [2.24, 2.45) is 5.92 Å². The topological polar surface area (TPSA) is 84.9 Å². The minimum atomic E-state index is -1.29.